The van der Waals surface area contributed by atoms with Crippen LogP contribution in [0.2, 0.25) is 5.02 Å². The van der Waals surface area contributed by atoms with Crippen molar-refractivity contribution in [3.05, 3.63) is 72.5 Å². The SMILES string of the molecule is Cn1cc(/C=C2/Cc3cc(Cl)ccc3C2=O)c(=O)n(C)c1=O. The van der Waals surface area contributed by atoms with Crippen LogP contribution in [0.5, 0.6) is 0 Å². The Bertz CT molecular complexity index is 951. The molecule has 0 unspecified atom stereocenters. The average Bonchev–Trinajstić information content (AvgIpc) is 2.78. The van der Waals surface area contributed by atoms with Crippen molar-refractivity contribution in [1.82, 2.24) is 9.13 Å². The van der Waals surface area contributed by atoms with E-state index < -0.39 is 11.2 Å². The second-order valence-electron chi connectivity index (χ2n) is 5.32. The molecule has 5 nitrogen and oxygen atoms in total. The number of benzene rings is 1. The zero-order chi connectivity index (χ0) is 16.0. The van der Waals surface area contributed by atoms with Crippen molar-refractivity contribution in [2.45, 2.75) is 6.42 Å². The molecular weight excluding hydrogens is 304 g/mol. The molecule has 0 aliphatic heterocycles. The second-order valence-corrected chi connectivity index (χ2v) is 5.76. The van der Waals surface area contributed by atoms with Crippen molar-refractivity contribution in [2.75, 3.05) is 0 Å². The van der Waals surface area contributed by atoms with Crippen molar-refractivity contribution in [2.24, 2.45) is 14.1 Å². The number of carbonyl (C=O) groups excluding carboxylic acids is 1. The molecule has 0 radical (unpaired) electrons. The van der Waals surface area contributed by atoms with E-state index in [0.29, 0.717) is 28.1 Å². The normalized spacial score (nSPS) is 15.4. The Kier molecular flexibility index (Phi) is 3.37. The van der Waals surface area contributed by atoms with Crippen molar-refractivity contribution >= 4 is 23.5 Å². The van der Waals surface area contributed by atoms with Gasteiger partial charge in [0.2, 0.25) is 0 Å². The third-order valence-electron chi connectivity index (χ3n) is 3.79. The van der Waals surface area contributed by atoms with Crippen LogP contribution in [0.4, 0.5) is 0 Å². The summed E-state index contributed by atoms with van der Waals surface area (Å²) in [6.45, 7) is 0. The molecule has 0 bridgehead atoms. The first-order valence-electron chi connectivity index (χ1n) is 6.69. The molecule has 1 aromatic carbocycles. The van der Waals surface area contributed by atoms with Gasteiger partial charge in [-0.3, -0.25) is 14.2 Å². The summed E-state index contributed by atoms with van der Waals surface area (Å²) >= 11 is 5.94. The minimum absolute atomic E-state index is 0.109. The molecule has 0 saturated heterocycles. The van der Waals surface area contributed by atoms with Crippen molar-refractivity contribution < 1.29 is 4.79 Å². The van der Waals surface area contributed by atoms with Crippen LogP contribution in [0.1, 0.15) is 21.5 Å². The van der Waals surface area contributed by atoms with Gasteiger partial charge in [0.25, 0.3) is 5.56 Å². The Hall–Kier alpha value is -2.40. The fourth-order valence-corrected chi connectivity index (χ4v) is 2.82. The zero-order valence-corrected chi connectivity index (χ0v) is 12.8. The third-order valence-corrected chi connectivity index (χ3v) is 4.02. The summed E-state index contributed by atoms with van der Waals surface area (Å²) < 4.78 is 2.34. The second kappa shape index (κ2) is 5.10. The Morgan fingerprint density at radius 2 is 1.91 bits per heavy atom. The summed E-state index contributed by atoms with van der Waals surface area (Å²) in [5.41, 5.74) is 1.47. The van der Waals surface area contributed by atoms with Gasteiger partial charge in [-0.25, -0.2) is 4.79 Å². The molecule has 0 spiro atoms. The number of halogens is 1. The summed E-state index contributed by atoms with van der Waals surface area (Å²) in [7, 11) is 2.98. The fourth-order valence-electron chi connectivity index (χ4n) is 2.63. The van der Waals surface area contributed by atoms with E-state index in [9.17, 15) is 14.4 Å². The number of ketones is 1. The minimum Gasteiger partial charge on any atom is -0.303 e. The van der Waals surface area contributed by atoms with Crippen LogP contribution >= 0.6 is 11.6 Å². The molecule has 1 aromatic heterocycles. The number of allylic oxidation sites excluding steroid dienone is 1. The number of carbonyl (C=O) groups is 1. The highest BCUT2D eigenvalue weighted by Gasteiger charge is 2.25. The first-order chi connectivity index (χ1) is 10.4. The Morgan fingerprint density at radius 3 is 2.64 bits per heavy atom. The molecule has 0 amide bonds. The largest absolute Gasteiger partial charge is 0.330 e. The molecular formula is C16H13ClN2O3. The molecule has 0 atom stereocenters. The van der Waals surface area contributed by atoms with Crippen LogP contribution in [0.25, 0.3) is 6.08 Å². The number of nitrogens with zero attached hydrogens (tertiary/aromatic N) is 2. The number of fused-ring (bicyclic) bond motifs is 1. The van der Waals surface area contributed by atoms with E-state index in [4.69, 9.17) is 11.6 Å². The lowest BCUT2D eigenvalue weighted by Gasteiger charge is -2.04. The molecule has 0 fully saturated rings. The van der Waals surface area contributed by atoms with Gasteiger partial charge in [-0.15, -0.1) is 0 Å². The van der Waals surface area contributed by atoms with E-state index in [-0.39, 0.29) is 5.78 Å². The molecule has 1 heterocycles. The molecule has 0 saturated carbocycles. The summed E-state index contributed by atoms with van der Waals surface area (Å²) in [4.78, 5) is 36.2. The van der Waals surface area contributed by atoms with Crippen molar-refractivity contribution in [3.63, 3.8) is 0 Å². The van der Waals surface area contributed by atoms with Gasteiger partial charge in [-0.2, -0.15) is 0 Å². The smallest absolute Gasteiger partial charge is 0.303 e. The van der Waals surface area contributed by atoms with E-state index in [1.165, 1.54) is 17.8 Å². The van der Waals surface area contributed by atoms with Gasteiger partial charge in [0, 0.05) is 42.9 Å². The highest BCUT2D eigenvalue weighted by Crippen LogP contribution is 2.29. The molecule has 1 aliphatic carbocycles. The Morgan fingerprint density at radius 1 is 1.18 bits per heavy atom. The van der Waals surface area contributed by atoms with Gasteiger partial charge < -0.3 is 4.57 Å². The maximum Gasteiger partial charge on any atom is 0.330 e. The third kappa shape index (κ3) is 2.23. The summed E-state index contributed by atoms with van der Waals surface area (Å²) in [6.07, 6.45) is 3.43. The Balaban J connectivity index is 2.11. The number of Topliss-reactive ketones (excluding diaryl/α,β-unsaturated/α-hetero) is 1. The molecule has 0 N–H and O–H groups in total. The van der Waals surface area contributed by atoms with Crippen LogP contribution in [0, 0.1) is 0 Å². The maximum atomic E-state index is 12.4. The van der Waals surface area contributed by atoms with E-state index in [2.05, 4.69) is 0 Å². The predicted octanol–water partition coefficient (Wildman–Crippen LogP) is 1.56. The summed E-state index contributed by atoms with van der Waals surface area (Å²) in [5.74, 6) is -0.109. The topological polar surface area (TPSA) is 61.1 Å². The van der Waals surface area contributed by atoms with E-state index in [0.717, 1.165) is 10.1 Å². The minimum atomic E-state index is -0.419. The van der Waals surface area contributed by atoms with Crippen LogP contribution in [-0.4, -0.2) is 14.9 Å². The van der Waals surface area contributed by atoms with Crippen LogP contribution in [0.15, 0.2) is 39.6 Å². The molecule has 3 rings (SSSR count). The van der Waals surface area contributed by atoms with Crippen LogP contribution in [-0.2, 0) is 20.5 Å². The van der Waals surface area contributed by atoms with Crippen molar-refractivity contribution in [1.29, 1.82) is 0 Å². The van der Waals surface area contributed by atoms with Crippen LogP contribution in [0.3, 0.4) is 0 Å². The van der Waals surface area contributed by atoms with Gasteiger partial charge in [-0.05, 0) is 29.8 Å². The fraction of sp³-hybridized carbons (Fsp3) is 0.188. The van der Waals surface area contributed by atoms with Crippen LogP contribution < -0.4 is 11.2 Å². The van der Waals surface area contributed by atoms with E-state index >= 15 is 0 Å². The zero-order valence-electron chi connectivity index (χ0n) is 12.1. The summed E-state index contributed by atoms with van der Waals surface area (Å²) in [6, 6.07) is 5.13. The molecule has 112 valence electrons. The lowest BCUT2D eigenvalue weighted by molar-refractivity contribution is 0.104. The molecule has 6 heteroatoms. The predicted molar refractivity (Wildman–Crippen MR) is 84.4 cm³/mol. The molecule has 1 aliphatic rings. The number of hydrogen-bond donors (Lipinski definition) is 0. The highest BCUT2D eigenvalue weighted by atomic mass is 35.5. The highest BCUT2D eigenvalue weighted by molar-refractivity contribution is 6.31. The van der Waals surface area contributed by atoms with E-state index in [1.807, 2.05) is 0 Å². The lowest BCUT2D eigenvalue weighted by atomic mass is 10.1. The average molecular weight is 317 g/mol. The van der Waals surface area contributed by atoms with Gasteiger partial charge in [0.15, 0.2) is 5.78 Å². The first-order valence-corrected chi connectivity index (χ1v) is 7.06. The maximum absolute atomic E-state index is 12.4. The summed E-state index contributed by atoms with van der Waals surface area (Å²) in [5, 5.41) is 0.575. The van der Waals surface area contributed by atoms with Gasteiger partial charge in [-0.1, -0.05) is 11.6 Å². The van der Waals surface area contributed by atoms with Gasteiger partial charge in [0.1, 0.15) is 0 Å². The standard InChI is InChI=1S/C16H13ClN2O3/c1-18-8-11(15(21)19(2)16(18)22)6-10-5-9-7-12(17)3-4-13(9)14(10)20/h3-4,6-8H,5H2,1-2H3/b10-6-. The first kappa shape index (κ1) is 14.5. The lowest BCUT2D eigenvalue weighted by Crippen LogP contribution is -2.37. The molecule has 22 heavy (non-hydrogen) atoms. The van der Waals surface area contributed by atoms with E-state index in [1.54, 1.807) is 31.3 Å². The quantitative estimate of drug-likeness (QED) is 0.750. The van der Waals surface area contributed by atoms with Crippen molar-refractivity contribution in [3.8, 4) is 0 Å². The van der Waals surface area contributed by atoms with Gasteiger partial charge in [0.05, 0.1) is 5.56 Å². The van der Waals surface area contributed by atoms with Gasteiger partial charge >= 0.3 is 5.69 Å². The number of aryl methyl sites for hydroxylation is 1. The number of hydrogen-bond acceptors (Lipinski definition) is 3. The Labute approximate surface area is 131 Å². The molecule has 2 aromatic rings. The number of aromatic nitrogens is 2. The monoisotopic (exact) mass is 316 g/mol. The number of rotatable bonds is 1.